The molecule has 0 atom stereocenters. The number of aromatic nitrogens is 2. The lowest BCUT2D eigenvalue weighted by molar-refractivity contribution is 0.103. The van der Waals surface area contributed by atoms with E-state index in [-0.39, 0.29) is 14.9 Å². The van der Waals surface area contributed by atoms with Gasteiger partial charge in [0.15, 0.2) is 5.82 Å². The van der Waals surface area contributed by atoms with Crippen molar-refractivity contribution in [3.8, 4) is 17.0 Å². The van der Waals surface area contributed by atoms with Crippen molar-refractivity contribution in [2.45, 2.75) is 13.0 Å². The fourth-order valence-electron chi connectivity index (χ4n) is 2.25. The molecule has 0 unspecified atom stereocenters. The molecule has 3 aromatic rings. The molecule has 156 valence electrons. The molecule has 0 aromatic carbocycles. The molecule has 6 nitrogen and oxygen atoms in total. The van der Waals surface area contributed by atoms with Gasteiger partial charge in [-0.1, -0.05) is 28.9 Å². The van der Waals surface area contributed by atoms with E-state index in [9.17, 15) is 22.8 Å². The molecule has 0 aliphatic heterocycles. The summed E-state index contributed by atoms with van der Waals surface area (Å²) in [7, 11) is 1.49. The summed E-state index contributed by atoms with van der Waals surface area (Å²) < 4.78 is 44.5. The van der Waals surface area contributed by atoms with Gasteiger partial charge in [0, 0.05) is 17.6 Å². The van der Waals surface area contributed by atoms with Gasteiger partial charge in [0.25, 0.3) is 23.1 Å². The SMILES string of the molecule is COc1nc(C#Cc2cc(C(=O)Nc3cc(F)c(=O)n(CC(F)F)c3)sc2Cl)cs1. The predicted octanol–water partition coefficient (Wildman–Crippen LogP) is 4.08. The lowest BCUT2D eigenvalue weighted by Gasteiger charge is -2.09. The van der Waals surface area contributed by atoms with E-state index in [1.165, 1.54) is 24.5 Å². The van der Waals surface area contributed by atoms with Crippen molar-refractivity contribution in [2.24, 2.45) is 0 Å². The van der Waals surface area contributed by atoms with Crippen molar-refractivity contribution in [3.05, 3.63) is 60.4 Å². The van der Waals surface area contributed by atoms with Gasteiger partial charge in [-0.05, 0) is 12.0 Å². The molecular formula is C18H11ClF3N3O3S2. The first-order valence-corrected chi connectivity index (χ1v) is 10.1. The maximum Gasteiger partial charge on any atom is 0.286 e. The normalized spacial score (nSPS) is 10.6. The van der Waals surface area contributed by atoms with Crippen LogP contribution in [0.4, 0.5) is 18.9 Å². The Morgan fingerprint density at radius 2 is 2.17 bits per heavy atom. The second-order valence-corrected chi connectivity index (χ2v) is 8.11. The van der Waals surface area contributed by atoms with Crippen LogP contribution in [-0.4, -0.2) is 29.0 Å². The van der Waals surface area contributed by atoms with E-state index in [2.05, 4.69) is 22.1 Å². The number of carbonyl (C=O) groups excluding carboxylic acids is 1. The molecule has 0 saturated heterocycles. The van der Waals surface area contributed by atoms with Crippen LogP contribution in [0.1, 0.15) is 20.9 Å². The number of ether oxygens (including phenoxy) is 1. The van der Waals surface area contributed by atoms with Gasteiger partial charge in [-0.2, -0.15) is 4.98 Å². The van der Waals surface area contributed by atoms with Gasteiger partial charge in [0.1, 0.15) is 10.0 Å². The van der Waals surface area contributed by atoms with Crippen LogP contribution in [0.2, 0.25) is 4.34 Å². The number of thiazole rings is 1. The van der Waals surface area contributed by atoms with E-state index in [4.69, 9.17) is 16.3 Å². The third-order valence-corrected chi connectivity index (χ3v) is 5.69. The first kappa shape index (κ1) is 21.9. The smallest absolute Gasteiger partial charge is 0.286 e. The topological polar surface area (TPSA) is 73.2 Å². The lowest BCUT2D eigenvalue weighted by atomic mass is 10.3. The van der Waals surface area contributed by atoms with Crippen LogP contribution in [0.25, 0.3) is 0 Å². The molecule has 0 aliphatic carbocycles. The Morgan fingerprint density at radius 1 is 1.40 bits per heavy atom. The number of rotatable bonds is 5. The standard InChI is InChI=1S/C18H11ClF3N3O3S2/c1-28-18-24-10(8-29-18)3-2-9-4-13(30-15(9)19)16(26)23-11-5-12(20)17(27)25(6-11)7-14(21)22/h4-6,8,14H,7H2,1H3,(H,23,26). The van der Waals surface area contributed by atoms with Gasteiger partial charge in [0.05, 0.1) is 29.8 Å². The molecule has 0 bridgehead atoms. The van der Waals surface area contributed by atoms with E-state index in [1.807, 2.05) is 0 Å². The average Bonchev–Trinajstić information content (AvgIpc) is 3.30. The number of nitrogens with zero attached hydrogens (tertiary/aromatic N) is 2. The largest absolute Gasteiger partial charge is 0.473 e. The molecule has 3 aromatic heterocycles. The molecule has 0 spiro atoms. The minimum absolute atomic E-state index is 0.149. The van der Waals surface area contributed by atoms with E-state index in [0.29, 0.717) is 21.0 Å². The zero-order valence-electron chi connectivity index (χ0n) is 15.0. The number of hydrogen-bond donors (Lipinski definition) is 1. The summed E-state index contributed by atoms with van der Waals surface area (Å²) in [6, 6.07) is 2.19. The van der Waals surface area contributed by atoms with E-state index in [1.54, 1.807) is 5.38 Å². The zero-order valence-corrected chi connectivity index (χ0v) is 17.4. The predicted molar refractivity (Wildman–Crippen MR) is 109 cm³/mol. The van der Waals surface area contributed by atoms with E-state index < -0.39 is 30.3 Å². The van der Waals surface area contributed by atoms with Crippen LogP contribution in [0.3, 0.4) is 0 Å². The highest BCUT2D eigenvalue weighted by atomic mass is 35.5. The van der Waals surface area contributed by atoms with Gasteiger partial charge in [0.2, 0.25) is 0 Å². The van der Waals surface area contributed by atoms with Gasteiger partial charge >= 0.3 is 0 Å². The molecule has 12 heteroatoms. The fraction of sp³-hybridized carbons (Fsp3) is 0.167. The van der Waals surface area contributed by atoms with Crippen LogP contribution in [-0.2, 0) is 6.54 Å². The highest BCUT2D eigenvalue weighted by Crippen LogP contribution is 2.28. The van der Waals surface area contributed by atoms with Crippen LogP contribution < -0.4 is 15.6 Å². The van der Waals surface area contributed by atoms with E-state index in [0.717, 1.165) is 23.6 Å². The molecule has 1 amide bonds. The Morgan fingerprint density at radius 3 is 2.83 bits per heavy atom. The van der Waals surface area contributed by atoms with Crippen LogP contribution in [0.5, 0.6) is 5.19 Å². The van der Waals surface area contributed by atoms with Crippen LogP contribution in [0.15, 0.2) is 28.5 Å². The second-order valence-electron chi connectivity index (χ2n) is 5.63. The molecule has 3 heterocycles. The summed E-state index contributed by atoms with van der Waals surface area (Å²) in [6.45, 7) is -0.995. The molecule has 30 heavy (non-hydrogen) atoms. The summed E-state index contributed by atoms with van der Waals surface area (Å²) in [5, 5.41) is 4.51. The number of hydrogen-bond acceptors (Lipinski definition) is 6. The third-order valence-electron chi connectivity index (χ3n) is 3.53. The average molecular weight is 474 g/mol. The number of pyridine rings is 1. The first-order chi connectivity index (χ1) is 14.3. The Hall–Kier alpha value is -2.81. The van der Waals surface area contributed by atoms with Crippen molar-refractivity contribution in [1.82, 2.24) is 9.55 Å². The lowest BCUT2D eigenvalue weighted by Crippen LogP contribution is -2.26. The van der Waals surface area contributed by atoms with Crippen molar-refractivity contribution >= 4 is 45.9 Å². The Kier molecular flexibility index (Phi) is 6.81. The fourth-order valence-corrected chi connectivity index (χ4v) is 3.91. The number of methoxy groups -OCH3 is 1. The molecular weight excluding hydrogens is 463 g/mol. The second kappa shape index (κ2) is 9.34. The summed E-state index contributed by atoms with van der Waals surface area (Å²) in [5.41, 5.74) is -0.498. The van der Waals surface area contributed by atoms with Crippen LogP contribution >= 0.6 is 34.3 Å². The monoisotopic (exact) mass is 473 g/mol. The third kappa shape index (κ3) is 5.21. The van der Waals surface area contributed by atoms with Crippen molar-refractivity contribution in [2.75, 3.05) is 12.4 Å². The number of alkyl halides is 2. The molecule has 0 aliphatic rings. The molecule has 0 saturated carbocycles. The Labute approximate surface area is 180 Å². The number of halogens is 4. The maximum absolute atomic E-state index is 13.7. The number of nitrogens with one attached hydrogen (secondary N) is 1. The van der Waals surface area contributed by atoms with Gasteiger partial charge in [-0.15, -0.1) is 11.3 Å². The first-order valence-electron chi connectivity index (χ1n) is 8.07. The summed E-state index contributed by atoms with van der Waals surface area (Å²) >= 11 is 8.33. The number of amides is 1. The summed E-state index contributed by atoms with van der Waals surface area (Å²) in [4.78, 5) is 28.3. The van der Waals surface area contributed by atoms with Gasteiger partial charge in [-0.25, -0.2) is 13.2 Å². The maximum atomic E-state index is 13.7. The summed E-state index contributed by atoms with van der Waals surface area (Å²) in [5.74, 6) is 3.68. The van der Waals surface area contributed by atoms with E-state index >= 15 is 0 Å². The Balaban J connectivity index is 1.79. The summed E-state index contributed by atoms with van der Waals surface area (Å²) in [6.07, 6.45) is -1.91. The minimum Gasteiger partial charge on any atom is -0.473 e. The highest BCUT2D eigenvalue weighted by Gasteiger charge is 2.16. The quantitative estimate of drug-likeness (QED) is 0.567. The zero-order chi connectivity index (χ0) is 21.8. The molecule has 1 N–H and O–H groups in total. The van der Waals surface area contributed by atoms with Crippen molar-refractivity contribution < 1.29 is 22.7 Å². The minimum atomic E-state index is -2.86. The van der Waals surface area contributed by atoms with Gasteiger partial charge < -0.3 is 14.6 Å². The van der Waals surface area contributed by atoms with Crippen LogP contribution in [0, 0.1) is 17.7 Å². The van der Waals surface area contributed by atoms with Crippen molar-refractivity contribution in [1.29, 1.82) is 0 Å². The molecule has 3 rings (SSSR count). The molecule has 0 fully saturated rings. The highest BCUT2D eigenvalue weighted by molar-refractivity contribution is 7.18. The Bertz CT molecular complexity index is 1210. The number of thiophene rings is 1. The van der Waals surface area contributed by atoms with Crippen molar-refractivity contribution in [3.63, 3.8) is 0 Å². The number of anilines is 1. The van der Waals surface area contributed by atoms with Gasteiger partial charge in [-0.3, -0.25) is 9.59 Å². The molecule has 0 radical (unpaired) electrons. The number of carbonyl (C=O) groups is 1.